The van der Waals surface area contributed by atoms with Crippen molar-refractivity contribution in [1.82, 2.24) is 29.1 Å². The number of pyridine rings is 4. The molecule has 0 atom stereocenters. The molecule has 0 aliphatic carbocycles. The molecule has 6 heterocycles. The van der Waals surface area contributed by atoms with Crippen LogP contribution < -0.4 is 0 Å². The predicted octanol–water partition coefficient (Wildman–Crippen LogP) is 10.5. The quantitative estimate of drug-likeness (QED) is 0.188. The molecule has 234 valence electrons. The summed E-state index contributed by atoms with van der Waals surface area (Å²) in [6.07, 6.45) is 3.71. The molecule has 0 saturated heterocycles. The molecule has 0 amide bonds. The van der Waals surface area contributed by atoms with Crippen LogP contribution in [0.4, 0.5) is 0 Å². The van der Waals surface area contributed by atoms with Gasteiger partial charge in [-0.1, -0.05) is 72.8 Å². The van der Waals surface area contributed by atoms with E-state index < -0.39 is 0 Å². The molecular formula is C44H28N6. The van der Waals surface area contributed by atoms with Crippen LogP contribution in [0, 0.1) is 0 Å². The first-order valence-corrected chi connectivity index (χ1v) is 16.6. The van der Waals surface area contributed by atoms with Gasteiger partial charge in [-0.15, -0.1) is 0 Å². The summed E-state index contributed by atoms with van der Waals surface area (Å²) in [5, 5.41) is 2.29. The maximum Gasteiger partial charge on any atom is 0.0963 e. The summed E-state index contributed by atoms with van der Waals surface area (Å²) < 4.78 is 4.54. The molecule has 6 nitrogen and oxygen atoms in total. The second-order valence-electron chi connectivity index (χ2n) is 12.4. The lowest BCUT2D eigenvalue weighted by atomic mass is 10.1. The summed E-state index contributed by atoms with van der Waals surface area (Å²) in [7, 11) is 0. The van der Waals surface area contributed by atoms with Gasteiger partial charge in [0.15, 0.2) is 0 Å². The van der Waals surface area contributed by atoms with Crippen molar-refractivity contribution in [2.75, 3.05) is 0 Å². The molecule has 0 spiro atoms. The molecule has 0 fully saturated rings. The van der Waals surface area contributed by atoms with Gasteiger partial charge in [0.25, 0.3) is 0 Å². The van der Waals surface area contributed by atoms with Crippen LogP contribution in [0.5, 0.6) is 0 Å². The lowest BCUT2D eigenvalue weighted by molar-refractivity contribution is 1.17. The Hall–Kier alpha value is -6.92. The maximum absolute atomic E-state index is 5.06. The molecule has 0 aliphatic rings. The van der Waals surface area contributed by atoms with E-state index in [9.17, 15) is 0 Å². The zero-order valence-electron chi connectivity index (χ0n) is 26.8. The highest BCUT2D eigenvalue weighted by molar-refractivity contribution is 6.07. The van der Waals surface area contributed by atoms with Crippen LogP contribution in [0.15, 0.2) is 170 Å². The maximum atomic E-state index is 5.06. The molecule has 0 aliphatic heterocycles. The minimum Gasteiger partial charge on any atom is -0.308 e. The highest BCUT2D eigenvalue weighted by Gasteiger charge is 2.15. The lowest BCUT2D eigenvalue weighted by Gasteiger charge is -2.10. The normalized spacial score (nSPS) is 11.6. The molecule has 50 heavy (non-hydrogen) atoms. The van der Waals surface area contributed by atoms with Gasteiger partial charge < -0.3 is 9.13 Å². The van der Waals surface area contributed by atoms with Gasteiger partial charge in [0.2, 0.25) is 0 Å². The van der Waals surface area contributed by atoms with Crippen LogP contribution in [0.3, 0.4) is 0 Å². The van der Waals surface area contributed by atoms with Gasteiger partial charge in [-0.05, 0) is 84.9 Å². The third kappa shape index (κ3) is 4.50. The van der Waals surface area contributed by atoms with E-state index in [2.05, 4.69) is 140 Å². The van der Waals surface area contributed by atoms with Crippen molar-refractivity contribution >= 4 is 43.9 Å². The van der Waals surface area contributed by atoms with Crippen LogP contribution in [0.1, 0.15) is 0 Å². The fourth-order valence-electron chi connectivity index (χ4n) is 7.16. The van der Waals surface area contributed by atoms with Crippen LogP contribution in [-0.2, 0) is 0 Å². The molecule has 0 saturated carbocycles. The Labute approximate surface area is 287 Å². The number of nitrogens with zero attached hydrogens (tertiary/aromatic N) is 6. The monoisotopic (exact) mass is 640 g/mol. The summed E-state index contributed by atoms with van der Waals surface area (Å²) in [5.74, 6) is 0. The van der Waals surface area contributed by atoms with E-state index in [-0.39, 0.29) is 0 Å². The number of para-hydroxylation sites is 2. The second-order valence-corrected chi connectivity index (χ2v) is 12.4. The first-order valence-electron chi connectivity index (χ1n) is 16.6. The number of rotatable bonds is 5. The van der Waals surface area contributed by atoms with Gasteiger partial charge in [0.1, 0.15) is 0 Å². The van der Waals surface area contributed by atoms with Crippen molar-refractivity contribution in [1.29, 1.82) is 0 Å². The van der Waals surface area contributed by atoms with E-state index in [1.165, 1.54) is 0 Å². The third-order valence-corrected chi connectivity index (χ3v) is 9.46. The van der Waals surface area contributed by atoms with E-state index in [1.54, 1.807) is 0 Å². The van der Waals surface area contributed by atoms with Gasteiger partial charge in [-0.3, -0.25) is 9.97 Å². The fourth-order valence-corrected chi connectivity index (χ4v) is 7.16. The van der Waals surface area contributed by atoms with Crippen molar-refractivity contribution in [2.45, 2.75) is 0 Å². The highest BCUT2D eigenvalue weighted by atomic mass is 15.0. The van der Waals surface area contributed by atoms with Gasteiger partial charge >= 0.3 is 0 Å². The van der Waals surface area contributed by atoms with Crippen molar-refractivity contribution in [3.63, 3.8) is 0 Å². The standard InChI is InChI=1S/C44H28N6/c1-3-15-39-33(9-1)43-41(17-7-27-45-43)49(39)31-23-19-29(20-24-31)35-11-5-13-37(47-35)38-14-6-12-36(48-38)30-21-25-32(26-22-30)50-40-16-4-2-10-34(40)44-42(50)18-8-28-46-44/h1-28H. The van der Waals surface area contributed by atoms with Crippen molar-refractivity contribution < 1.29 is 0 Å². The average Bonchev–Trinajstić information content (AvgIpc) is 3.71. The summed E-state index contributed by atoms with van der Waals surface area (Å²) >= 11 is 0. The molecular weight excluding hydrogens is 613 g/mol. The zero-order valence-corrected chi connectivity index (χ0v) is 26.8. The molecule has 10 rings (SSSR count). The third-order valence-electron chi connectivity index (χ3n) is 9.46. The molecule has 0 N–H and O–H groups in total. The molecule has 0 radical (unpaired) electrons. The summed E-state index contributed by atoms with van der Waals surface area (Å²) in [5.41, 5.74) is 14.2. The molecule has 0 bridgehead atoms. The van der Waals surface area contributed by atoms with E-state index in [1.807, 2.05) is 48.8 Å². The summed E-state index contributed by atoms with van der Waals surface area (Å²) in [4.78, 5) is 19.5. The Morgan fingerprint density at radius 2 is 0.720 bits per heavy atom. The minimum atomic E-state index is 0.830. The van der Waals surface area contributed by atoms with Crippen molar-refractivity contribution in [3.05, 3.63) is 170 Å². The smallest absolute Gasteiger partial charge is 0.0963 e. The Balaban J connectivity index is 0.962. The molecule has 0 unspecified atom stereocenters. The van der Waals surface area contributed by atoms with Gasteiger partial charge in [0.05, 0.1) is 55.9 Å². The molecule has 6 aromatic heterocycles. The lowest BCUT2D eigenvalue weighted by Crippen LogP contribution is -1.95. The Bertz CT molecular complexity index is 2560. The van der Waals surface area contributed by atoms with Gasteiger partial charge in [-0.2, -0.15) is 0 Å². The largest absolute Gasteiger partial charge is 0.308 e. The topological polar surface area (TPSA) is 61.4 Å². The fraction of sp³-hybridized carbons (Fsp3) is 0. The van der Waals surface area contributed by atoms with Crippen LogP contribution in [0.2, 0.25) is 0 Å². The Morgan fingerprint density at radius 1 is 0.320 bits per heavy atom. The molecule has 4 aromatic carbocycles. The van der Waals surface area contributed by atoms with E-state index in [0.29, 0.717) is 0 Å². The van der Waals surface area contributed by atoms with E-state index in [4.69, 9.17) is 9.97 Å². The van der Waals surface area contributed by atoms with Crippen molar-refractivity contribution in [3.8, 4) is 45.3 Å². The second kappa shape index (κ2) is 11.4. The van der Waals surface area contributed by atoms with E-state index in [0.717, 1.165) is 89.2 Å². The summed E-state index contributed by atoms with van der Waals surface area (Å²) in [6.45, 7) is 0. The predicted molar refractivity (Wildman–Crippen MR) is 203 cm³/mol. The van der Waals surface area contributed by atoms with Gasteiger partial charge in [0, 0.05) is 45.7 Å². The SMILES string of the molecule is c1cc(-c2ccc(-n3c4ccccc4c4ncccc43)cc2)nc(-c2cccc(-c3ccc(-n4c5ccccc5c5ncccc54)cc3)n2)c1. The Kier molecular flexibility index (Phi) is 6.39. The molecule has 6 heteroatoms. The zero-order chi connectivity index (χ0) is 33.0. The first kappa shape index (κ1) is 28.1. The van der Waals surface area contributed by atoms with Crippen LogP contribution >= 0.6 is 0 Å². The van der Waals surface area contributed by atoms with Crippen LogP contribution in [-0.4, -0.2) is 29.1 Å². The molecule has 10 aromatic rings. The number of benzene rings is 4. The number of hydrogen-bond acceptors (Lipinski definition) is 4. The van der Waals surface area contributed by atoms with Crippen LogP contribution in [0.25, 0.3) is 89.2 Å². The van der Waals surface area contributed by atoms with Gasteiger partial charge in [-0.25, -0.2) is 9.97 Å². The van der Waals surface area contributed by atoms with Crippen molar-refractivity contribution in [2.24, 2.45) is 0 Å². The number of hydrogen-bond donors (Lipinski definition) is 0. The number of fused-ring (bicyclic) bond motifs is 6. The average molecular weight is 641 g/mol. The number of aromatic nitrogens is 6. The highest BCUT2D eigenvalue weighted by Crippen LogP contribution is 2.33. The Morgan fingerprint density at radius 3 is 1.18 bits per heavy atom. The summed E-state index contributed by atoms with van der Waals surface area (Å²) in [6, 6.07) is 54.5. The first-order chi connectivity index (χ1) is 24.8. The van der Waals surface area contributed by atoms with E-state index >= 15 is 0 Å². The minimum absolute atomic E-state index is 0.830.